The SMILES string of the molecule is O=C(/C=C/c1ccc(Cl)cc1Cl)c1cc2ccccc2o1. The molecule has 1 aromatic heterocycles. The monoisotopic (exact) mass is 316 g/mol. The minimum Gasteiger partial charge on any atom is -0.453 e. The van der Waals surface area contributed by atoms with E-state index < -0.39 is 0 Å². The van der Waals surface area contributed by atoms with E-state index in [2.05, 4.69) is 0 Å². The molecule has 0 aliphatic rings. The number of benzene rings is 2. The number of ketones is 1. The molecule has 3 aromatic rings. The normalized spacial score (nSPS) is 11.3. The fourth-order valence-electron chi connectivity index (χ4n) is 1.99. The van der Waals surface area contributed by atoms with E-state index in [1.165, 1.54) is 6.08 Å². The molecule has 0 aliphatic carbocycles. The number of halogens is 2. The summed E-state index contributed by atoms with van der Waals surface area (Å²) in [5.41, 5.74) is 1.42. The number of carbonyl (C=O) groups excluding carboxylic acids is 1. The van der Waals surface area contributed by atoms with E-state index in [9.17, 15) is 4.79 Å². The fourth-order valence-corrected chi connectivity index (χ4v) is 2.46. The van der Waals surface area contributed by atoms with Crippen molar-refractivity contribution < 1.29 is 9.21 Å². The molecule has 2 aromatic carbocycles. The van der Waals surface area contributed by atoms with Crippen LogP contribution in [0.4, 0.5) is 0 Å². The lowest BCUT2D eigenvalue weighted by Crippen LogP contribution is -1.90. The van der Waals surface area contributed by atoms with E-state index >= 15 is 0 Å². The first-order chi connectivity index (χ1) is 10.1. The molecule has 0 unspecified atom stereocenters. The smallest absolute Gasteiger partial charge is 0.221 e. The molecule has 0 N–H and O–H groups in total. The lowest BCUT2D eigenvalue weighted by atomic mass is 10.1. The highest BCUT2D eigenvalue weighted by atomic mass is 35.5. The Morgan fingerprint density at radius 1 is 1.05 bits per heavy atom. The number of hydrogen-bond donors (Lipinski definition) is 0. The van der Waals surface area contributed by atoms with Gasteiger partial charge in [-0.15, -0.1) is 0 Å². The van der Waals surface area contributed by atoms with E-state index in [1.807, 2.05) is 24.3 Å². The summed E-state index contributed by atoms with van der Waals surface area (Å²) in [6, 6.07) is 14.3. The molecule has 0 atom stereocenters. The first-order valence-electron chi connectivity index (χ1n) is 6.29. The first-order valence-corrected chi connectivity index (χ1v) is 7.05. The third kappa shape index (κ3) is 3.02. The molecule has 0 saturated heterocycles. The van der Waals surface area contributed by atoms with Crippen molar-refractivity contribution in [2.45, 2.75) is 0 Å². The summed E-state index contributed by atoms with van der Waals surface area (Å²) in [5, 5.41) is 1.95. The van der Waals surface area contributed by atoms with Crippen molar-refractivity contribution in [1.82, 2.24) is 0 Å². The molecule has 1 heterocycles. The van der Waals surface area contributed by atoms with E-state index in [0.717, 1.165) is 10.9 Å². The summed E-state index contributed by atoms with van der Waals surface area (Å²) in [6.45, 7) is 0. The van der Waals surface area contributed by atoms with Gasteiger partial charge < -0.3 is 4.42 Å². The molecular weight excluding hydrogens is 307 g/mol. The van der Waals surface area contributed by atoms with Crippen LogP contribution in [-0.2, 0) is 0 Å². The van der Waals surface area contributed by atoms with Crippen molar-refractivity contribution >= 4 is 46.0 Å². The highest BCUT2D eigenvalue weighted by Crippen LogP contribution is 2.23. The zero-order valence-electron chi connectivity index (χ0n) is 10.8. The van der Waals surface area contributed by atoms with Crippen molar-refractivity contribution in [3.8, 4) is 0 Å². The average Bonchev–Trinajstić information content (AvgIpc) is 2.90. The predicted octanol–water partition coefficient (Wildman–Crippen LogP) is 5.64. The van der Waals surface area contributed by atoms with Crippen molar-refractivity contribution in [3.05, 3.63) is 76.0 Å². The van der Waals surface area contributed by atoms with Crippen LogP contribution >= 0.6 is 23.2 Å². The van der Waals surface area contributed by atoms with Crippen molar-refractivity contribution in [2.75, 3.05) is 0 Å². The third-order valence-electron chi connectivity index (χ3n) is 3.05. The maximum Gasteiger partial charge on any atom is 0.221 e. The van der Waals surface area contributed by atoms with Crippen LogP contribution in [0.2, 0.25) is 10.0 Å². The van der Waals surface area contributed by atoms with E-state index in [-0.39, 0.29) is 5.78 Å². The van der Waals surface area contributed by atoms with Gasteiger partial charge >= 0.3 is 0 Å². The molecule has 0 spiro atoms. The number of fused-ring (bicyclic) bond motifs is 1. The van der Waals surface area contributed by atoms with Gasteiger partial charge in [-0.05, 0) is 42.0 Å². The minimum atomic E-state index is -0.211. The largest absolute Gasteiger partial charge is 0.453 e. The molecule has 104 valence electrons. The zero-order valence-corrected chi connectivity index (χ0v) is 12.4. The lowest BCUT2D eigenvalue weighted by molar-refractivity contribution is 0.102. The molecule has 2 nitrogen and oxygen atoms in total. The molecular formula is C17H10Cl2O2. The summed E-state index contributed by atoms with van der Waals surface area (Å²) in [6.07, 6.45) is 3.08. The highest BCUT2D eigenvalue weighted by Gasteiger charge is 2.09. The van der Waals surface area contributed by atoms with E-state index in [1.54, 1.807) is 30.3 Å². The van der Waals surface area contributed by atoms with Gasteiger partial charge in [0.2, 0.25) is 5.78 Å². The standard InChI is InChI=1S/C17H10Cl2O2/c18-13-7-5-11(14(19)10-13)6-8-15(20)17-9-12-3-1-2-4-16(12)21-17/h1-10H/b8-6+. The summed E-state index contributed by atoms with van der Waals surface area (Å²) in [5.74, 6) is 0.0924. The zero-order chi connectivity index (χ0) is 14.8. The predicted molar refractivity (Wildman–Crippen MR) is 86.0 cm³/mol. The summed E-state index contributed by atoms with van der Waals surface area (Å²) < 4.78 is 5.51. The topological polar surface area (TPSA) is 30.2 Å². The van der Waals surface area contributed by atoms with Crippen LogP contribution < -0.4 is 0 Å². The number of rotatable bonds is 3. The van der Waals surface area contributed by atoms with Gasteiger partial charge in [-0.2, -0.15) is 0 Å². The van der Waals surface area contributed by atoms with Crippen LogP contribution in [0.5, 0.6) is 0 Å². The van der Waals surface area contributed by atoms with Crippen LogP contribution in [0, 0.1) is 0 Å². The Morgan fingerprint density at radius 3 is 2.62 bits per heavy atom. The van der Waals surface area contributed by atoms with Gasteiger partial charge in [-0.1, -0.05) is 47.5 Å². The van der Waals surface area contributed by atoms with Gasteiger partial charge in [0, 0.05) is 15.4 Å². The Kier molecular flexibility index (Phi) is 3.82. The van der Waals surface area contributed by atoms with Gasteiger partial charge in [-0.3, -0.25) is 4.79 Å². The van der Waals surface area contributed by atoms with Gasteiger partial charge in [0.25, 0.3) is 0 Å². The highest BCUT2D eigenvalue weighted by molar-refractivity contribution is 6.35. The second-order valence-electron chi connectivity index (χ2n) is 4.51. The molecule has 3 rings (SSSR count). The van der Waals surface area contributed by atoms with Crippen LogP contribution in [0.3, 0.4) is 0 Å². The Balaban J connectivity index is 1.86. The second kappa shape index (κ2) is 5.76. The van der Waals surface area contributed by atoms with Crippen molar-refractivity contribution in [2.24, 2.45) is 0 Å². The van der Waals surface area contributed by atoms with Gasteiger partial charge in [-0.25, -0.2) is 0 Å². The van der Waals surface area contributed by atoms with Gasteiger partial charge in [0.15, 0.2) is 5.76 Å². The van der Waals surface area contributed by atoms with Gasteiger partial charge in [0.05, 0.1) is 0 Å². The van der Waals surface area contributed by atoms with Crippen LogP contribution in [0.25, 0.3) is 17.0 Å². The minimum absolute atomic E-state index is 0.211. The summed E-state index contributed by atoms with van der Waals surface area (Å²) in [7, 11) is 0. The van der Waals surface area contributed by atoms with Crippen LogP contribution in [-0.4, -0.2) is 5.78 Å². The molecule has 0 amide bonds. The van der Waals surface area contributed by atoms with Crippen molar-refractivity contribution in [1.29, 1.82) is 0 Å². The molecule has 4 heteroatoms. The maximum absolute atomic E-state index is 12.1. The third-order valence-corrected chi connectivity index (χ3v) is 3.61. The van der Waals surface area contributed by atoms with E-state index in [0.29, 0.717) is 21.4 Å². The Hall–Kier alpha value is -2.03. The molecule has 0 saturated carbocycles. The van der Waals surface area contributed by atoms with Crippen molar-refractivity contribution in [3.63, 3.8) is 0 Å². The maximum atomic E-state index is 12.1. The quantitative estimate of drug-likeness (QED) is 0.462. The fraction of sp³-hybridized carbons (Fsp3) is 0. The van der Waals surface area contributed by atoms with Crippen LogP contribution in [0.1, 0.15) is 16.1 Å². The van der Waals surface area contributed by atoms with E-state index in [4.69, 9.17) is 27.6 Å². The summed E-state index contributed by atoms with van der Waals surface area (Å²) in [4.78, 5) is 12.1. The number of para-hydroxylation sites is 1. The molecule has 0 bridgehead atoms. The molecule has 0 aliphatic heterocycles. The Bertz CT molecular complexity index is 814. The van der Waals surface area contributed by atoms with Crippen LogP contribution in [0.15, 0.2) is 59.0 Å². The number of carbonyl (C=O) groups is 1. The number of hydrogen-bond acceptors (Lipinski definition) is 2. The average molecular weight is 317 g/mol. The first kappa shape index (κ1) is 13.9. The Labute approximate surface area is 131 Å². The number of allylic oxidation sites excluding steroid dienone is 1. The second-order valence-corrected chi connectivity index (χ2v) is 5.36. The lowest BCUT2D eigenvalue weighted by Gasteiger charge is -1.98. The Morgan fingerprint density at radius 2 is 1.86 bits per heavy atom. The van der Waals surface area contributed by atoms with Gasteiger partial charge in [0.1, 0.15) is 5.58 Å². The molecule has 0 fully saturated rings. The number of furan rings is 1. The molecule has 0 radical (unpaired) electrons. The molecule has 21 heavy (non-hydrogen) atoms. The summed E-state index contributed by atoms with van der Waals surface area (Å²) >= 11 is 11.9.